The Morgan fingerprint density at radius 1 is 0.744 bits per heavy atom. The van der Waals surface area contributed by atoms with Crippen molar-refractivity contribution in [1.82, 2.24) is 29.1 Å². The molecule has 0 spiro atoms. The van der Waals surface area contributed by atoms with Crippen molar-refractivity contribution in [1.29, 1.82) is 0 Å². The quantitative estimate of drug-likeness (QED) is 0.240. The number of aromatic amines is 2. The minimum Gasteiger partial charge on any atom is -0.309 e. The van der Waals surface area contributed by atoms with Crippen molar-refractivity contribution in [2.24, 2.45) is 0 Å². The van der Waals surface area contributed by atoms with Crippen LogP contribution in [-0.2, 0) is 23.1 Å². The molecule has 43 heavy (non-hydrogen) atoms. The third kappa shape index (κ3) is 6.01. The van der Waals surface area contributed by atoms with Crippen LogP contribution in [0.25, 0.3) is 21.8 Å². The summed E-state index contributed by atoms with van der Waals surface area (Å²) < 4.78 is 27.5. The number of hydrogen-bond donors (Lipinski definition) is 2. The van der Waals surface area contributed by atoms with E-state index >= 15 is 0 Å². The number of nitrogens with one attached hydrogen (secondary N) is 2. The van der Waals surface area contributed by atoms with Crippen LogP contribution in [0.15, 0.2) is 75.1 Å². The second kappa shape index (κ2) is 12.2. The van der Waals surface area contributed by atoms with E-state index in [9.17, 15) is 18.0 Å². The molecule has 5 rings (SSSR count). The smallest absolute Gasteiger partial charge is 0.258 e. The molecule has 11 heteroatoms. The van der Waals surface area contributed by atoms with E-state index in [0.717, 1.165) is 16.7 Å². The third-order valence-electron chi connectivity index (χ3n) is 7.93. The van der Waals surface area contributed by atoms with E-state index in [-0.39, 0.29) is 35.1 Å². The summed E-state index contributed by atoms with van der Waals surface area (Å²) in [6.07, 6.45) is 0. The zero-order chi connectivity index (χ0) is 30.9. The molecule has 1 atom stereocenters. The van der Waals surface area contributed by atoms with Gasteiger partial charge < -0.3 is 9.97 Å². The van der Waals surface area contributed by atoms with Crippen LogP contribution in [0.3, 0.4) is 0 Å². The van der Waals surface area contributed by atoms with Crippen molar-refractivity contribution in [3.05, 3.63) is 110 Å². The number of aryl methyl sites for hydroxylation is 2. The largest absolute Gasteiger partial charge is 0.309 e. The summed E-state index contributed by atoms with van der Waals surface area (Å²) in [6.45, 7) is 10.7. The fraction of sp³-hybridized carbons (Fsp3) is 0.312. The molecule has 2 heterocycles. The van der Waals surface area contributed by atoms with Crippen molar-refractivity contribution < 1.29 is 8.42 Å². The Labute approximate surface area is 250 Å². The molecule has 0 saturated carbocycles. The van der Waals surface area contributed by atoms with E-state index in [4.69, 9.17) is 9.97 Å². The maximum Gasteiger partial charge on any atom is 0.258 e. The molecule has 0 bridgehead atoms. The Bertz CT molecular complexity index is 1910. The van der Waals surface area contributed by atoms with Crippen LogP contribution in [0.4, 0.5) is 0 Å². The highest BCUT2D eigenvalue weighted by Crippen LogP contribution is 2.26. The van der Waals surface area contributed by atoms with Crippen LogP contribution in [-0.4, -0.2) is 50.6 Å². The summed E-state index contributed by atoms with van der Waals surface area (Å²) in [5.41, 5.74) is 3.46. The first-order chi connectivity index (χ1) is 20.5. The molecule has 0 saturated heterocycles. The highest BCUT2D eigenvalue weighted by molar-refractivity contribution is 7.89. The molecule has 0 aliphatic heterocycles. The molecule has 0 radical (unpaired) electrons. The normalized spacial score (nSPS) is 12.9. The third-order valence-corrected chi connectivity index (χ3v) is 10.00. The van der Waals surface area contributed by atoms with Gasteiger partial charge in [-0.05, 0) is 61.7 Å². The molecular formula is C32H36N6O4S. The van der Waals surface area contributed by atoms with Gasteiger partial charge in [-0.15, -0.1) is 0 Å². The summed E-state index contributed by atoms with van der Waals surface area (Å²) in [4.78, 5) is 43.6. The highest BCUT2D eigenvalue weighted by atomic mass is 32.2. The lowest BCUT2D eigenvalue weighted by molar-refractivity contribution is 0.182. The van der Waals surface area contributed by atoms with Gasteiger partial charge in [-0.2, -0.15) is 4.31 Å². The number of hydrogen-bond acceptors (Lipinski definition) is 7. The number of nitrogens with zero attached hydrogens (tertiary/aromatic N) is 4. The Balaban J connectivity index is 1.55. The Kier molecular flexibility index (Phi) is 8.59. The zero-order valence-corrected chi connectivity index (χ0v) is 25.8. The second-order valence-electron chi connectivity index (χ2n) is 10.7. The van der Waals surface area contributed by atoms with Crippen LogP contribution in [0.1, 0.15) is 55.2 Å². The first kappa shape index (κ1) is 30.3. The van der Waals surface area contributed by atoms with Gasteiger partial charge >= 0.3 is 0 Å². The summed E-state index contributed by atoms with van der Waals surface area (Å²) in [5, 5.41) is 1.04. The van der Waals surface area contributed by atoms with Gasteiger partial charge in [0.2, 0.25) is 10.0 Å². The van der Waals surface area contributed by atoms with Crippen molar-refractivity contribution in [3.63, 3.8) is 0 Å². The van der Waals surface area contributed by atoms with Crippen molar-refractivity contribution in [2.75, 3.05) is 13.1 Å². The Hall–Kier alpha value is -4.19. The van der Waals surface area contributed by atoms with Crippen molar-refractivity contribution >= 4 is 31.8 Å². The number of rotatable bonds is 10. The van der Waals surface area contributed by atoms with E-state index in [0.29, 0.717) is 46.5 Å². The van der Waals surface area contributed by atoms with Gasteiger partial charge in [-0.1, -0.05) is 50.2 Å². The van der Waals surface area contributed by atoms with E-state index in [2.05, 4.69) is 9.97 Å². The molecule has 0 amide bonds. The molecule has 10 nitrogen and oxygen atoms in total. The van der Waals surface area contributed by atoms with Gasteiger partial charge in [0.05, 0.1) is 39.8 Å². The average Bonchev–Trinajstić information content (AvgIpc) is 2.98. The Morgan fingerprint density at radius 2 is 1.21 bits per heavy atom. The molecule has 0 unspecified atom stereocenters. The maximum absolute atomic E-state index is 13.1. The number of sulfonamides is 1. The van der Waals surface area contributed by atoms with Crippen LogP contribution in [0, 0.1) is 13.8 Å². The predicted molar refractivity (Wildman–Crippen MR) is 168 cm³/mol. The van der Waals surface area contributed by atoms with Crippen molar-refractivity contribution in [2.45, 2.75) is 58.6 Å². The highest BCUT2D eigenvalue weighted by Gasteiger charge is 2.24. The molecular weight excluding hydrogens is 564 g/mol. The van der Waals surface area contributed by atoms with Gasteiger partial charge in [0.25, 0.3) is 11.1 Å². The average molecular weight is 601 g/mol. The fourth-order valence-corrected chi connectivity index (χ4v) is 6.87. The monoisotopic (exact) mass is 600 g/mol. The zero-order valence-electron chi connectivity index (χ0n) is 25.0. The maximum atomic E-state index is 13.1. The summed E-state index contributed by atoms with van der Waals surface area (Å²) >= 11 is 0. The van der Waals surface area contributed by atoms with E-state index < -0.39 is 10.0 Å². The summed E-state index contributed by atoms with van der Waals surface area (Å²) in [6, 6.07) is 17.6. The van der Waals surface area contributed by atoms with Gasteiger partial charge in [0.15, 0.2) is 0 Å². The van der Waals surface area contributed by atoms with Gasteiger partial charge in [-0.3, -0.25) is 14.5 Å². The SMILES string of the molecule is CCN(CC)S(=O)(=O)c1ccc([C@@H](C)N(Cc2nc3c(C)cccc3c(=O)[nH]2)Cc2nc3c(C)cccc3c(=O)[nH]2)cc1. The predicted octanol–water partition coefficient (Wildman–Crippen LogP) is 4.57. The molecule has 0 aliphatic carbocycles. The van der Waals surface area contributed by atoms with E-state index in [1.807, 2.05) is 63.8 Å². The molecule has 0 fully saturated rings. The topological polar surface area (TPSA) is 132 Å². The number of fused-ring (bicyclic) bond motifs is 2. The van der Waals surface area contributed by atoms with E-state index in [1.54, 1.807) is 36.4 Å². The van der Waals surface area contributed by atoms with Gasteiger partial charge in [0, 0.05) is 19.1 Å². The second-order valence-corrected chi connectivity index (χ2v) is 12.6. The first-order valence-corrected chi connectivity index (χ1v) is 15.8. The number of aromatic nitrogens is 4. The molecule has 224 valence electrons. The van der Waals surface area contributed by atoms with Crippen molar-refractivity contribution in [3.8, 4) is 0 Å². The molecule has 2 N–H and O–H groups in total. The van der Waals surface area contributed by atoms with Crippen LogP contribution in [0.2, 0.25) is 0 Å². The number of para-hydroxylation sites is 2. The standard InChI is InChI=1S/C32H36N6O4S/c1-6-38(7-2)43(41,42)24-16-14-23(15-17-24)22(5)37(18-27-33-29-20(3)10-8-12-25(29)31(39)35-27)19-28-34-30-21(4)11-9-13-26(30)32(40)36-28/h8-17,22H,6-7,18-19H2,1-5H3,(H,33,35,39)(H,34,36,40)/t22-/m1/s1. The number of benzene rings is 3. The molecule has 5 aromatic rings. The first-order valence-electron chi connectivity index (χ1n) is 14.3. The lowest BCUT2D eigenvalue weighted by Crippen LogP contribution is -2.31. The lowest BCUT2D eigenvalue weighted by atomic mass is 10.1. The van der Waals surface area contributed by atoms with Gasteiger partial charge in [-0.25, -0.2) is 18.4 Å². The summed E-state index contributed by atoms with van der Waals surface area (Å²) in [7, 11) is -3.60. The molecule has 2 aromatic heterocycles. The summed E-state index contributed by atoms with van der Waals surface area (Å²) in [5.74, 6) is 0.942. The van der Waals surface area contributed by atoms with Gasteiger partial charge in [0.1, 0.15) is 11.6 Å². The van der Waals surface area contributed by atoms with Crippen LogP contribution in [0.5, 0.6) is 0 Å². The van der Waals surface area contributed by atoms with Crippen LogP contribution >= 0.6 is 0 Å². The minimum absolute atomic E-state index is 0.227. The minimum atomic E-state index is -3.60. The number of H-pyrrole nitrogens is 2. The lowest BCUT2D eigenvalue weighted by Gasteiger charge is -2.29. The fourth-order valence-electron chi connectivity index (χ4n) is 5.41. The molecule has 3 aromatic carbocycles. The van der Waals surface area contributed by atoms with E-state index in [1.165, 1.54) is 4.31 Å². The van der Waals surface area contributed by atoms with Crippen LogP contribution < -0.4 is 11.1 Å². The molecule has 0 aliphatic rings. The Morgan fingerprint density at radius 3 is 1.65 bits per heavy atom.